The normalized spacial score (nSPS) is 11.8. The average Bonchev–Trinajstić information content (AvgIpc) is 3.19. The van der Waals surface area contributed by atoms with Gasteiger partial charge in [0.2, 0.25) is 11.8 Å². The lowest BCUT2D eigenvalue weighted by molar-refractivity contribution is -0.116. The molecule has 3 aromatic carbocycles. The lowest BCUT2D eigenvalue weighted by atomic mass is 10.2. The molecule has 0 aliphatic heterocycles. The second-order valence-corrected chi connectivity index (χ2v) is 7.89. The Hall–Kier alpha value is -3.71. The number of nitrogens with zero attached hydrogens (tertiary/aromatic N) is 1. The van der Waals surface area contributed by atoms with Gasteiger partial charge in [-0.2, -0.15) is 0 Å². The summed E-state index contributed by atoms with van der Waals surface area (Å²) in [6.07, 6.45) is 0. The monoisotopic (exact) mass is 416 g/mol. The third-order valence-corrected chi connectivity index (χ3v) is 5.72. The average molecular weight is 417 g/mol. The van der Waals surface area contributed by atoms with Crippen LogP contribution in [0.2, 0.25) is 0 Å². The Morgan fingerprint density at radius 3 is 2.27 bits per heavy atom. The van der Waals surface area contributed by atoms with Gasteiger partial charge in [0.25, 0.3) is 0 Å². The van der Waals surface area contributed by atoms with Gasteiger partial charge < -0.3 is 16.4 Å². The maximum absolute atomic E-state index is 12.4. The molecule has 4 rings (SSSR count). The van der Waals surface area contributed by atoms with Crippen LogP contribution in [0.15, 0.2) is 72.8 Å². The molecule has 0 fully saturated rings. The minimum atomic E-state index is -0.503. The van der Waals surface area contributed by atoms with Crippen molar-refractivity contribution in [3.05, 3.63) is 78.4 Å². The predicted octanol–water partition coefficient (Wildman–Crippen LogP) is 4.50. The van der Waals surface area contributed by atoms with Crippen molar-refractivity contribution in [1.29, 1.82) is 0 Å². The van der Waals surface area contributed by atoms with Gasteiger partial charge in [-0.15, -0.1) is 11.3 Å². The molecule has 0 aliphatic carbocycles. The molecule has 0 spiro atoms. The number of hydrogen-bond donors (Lipinski definition) is 3. The molecule has 1 aromatic heterocycles. The van der Waals surface area contributed by atoms with Crippen LogP contribution in [0.3, 0.4) is 0 Å². The van der Waals surface area contributed by atoms with Crippen LogP contribution in [0.1, 0.15) is 17.3 Å². The van der Waals surface area contributed by atoms with Crippen LogP contribution >= 0.6 is 11.3 Å². The van der Waals surface area contributed by atoms with Crippen LogP contribution in [0.25, 0.3) is 20.8 Å². The van der Waals surface area contributed by atoms with Gasteiger partial charge >= 0.3 is 0 Å². The van der Waals surface area contributed by atoms with Crippen LogP contribution in [-0.2, 0) is 4.79 Å². The second-order valence-electron chi connectivity index (χ2n) is 6.86. The number of primary amides is 1. The first kappa shape index (κ1) is 19.6. The fourth-order valence-electron chi connectivity index (χ4n) is 2.99. The van der Waals surface area contributed by atoms with Crippen molar-refractivity contribution < 1.29 is 9.59 Å². The Balaban J connectivity index is 1.39. The van der Waals surface area contributed by atoms with E-state index < -0.39 is 11.9 Å². The van der Waals surface area contributed by atoms with Gasteiger partial charge in [0, 0.05) is 22.5 Å². The molecular formula is C23H20N4O2S. The van der Waals surface area contributed by atoms with E-state index in [1.165, 1.54) is 0 Å². The number of carbonyl (C=O) groups excluding carboxylic acids is 2. The molecule has 6 nitrogen and oxygen atoms in total. The van der Waals surface area contributed by atoms with E-state index in [2.05, 4.69) is 21.7 Å². The van der Waals surface area contributed by atoms with Gasteiger partial charge in [0.05, 0.1) is 10.2 Å². The van der Waals surface area contributed by atoms with E-state index in [0.717, 1.165) is 26.5 Å². The molecule has 0 saturated heterocycles. The van der Waals surface area contributed by atoms with Crippen molar-refractivity contribution >= 4 is 44.7 Å². The molecule has 4 N–H and O–H groups in total. The molecular weight excluding hydrogens is 396 g/mol. The first-order chi connectivity index (χ1) is 14.5. The third-order valence-electron chi connectivity index (χ3n) is 4.64. The molecule has 30 heavy (non-hydrogen) atoms. The Kier molecular flexibility index (Phi) is 5.45. The van der Waals surface area contributed by atoms with E-state index in [9.17, 15) is 9.59 Å². The number of nitrogens with one attached hydrogen (secondary N) is 2. The summed E-state index contributed by atoms with van der Waals surface area (Å²) < 4.78 is 1.16. The fraction of sp³-hybridized carbons (Fsp3) is 0.0870. The number of nitrogens with two attached hydrogens (primary N) is 1. The zero-order chi connectivity index (χ0) is 21.1. The number of rotatable bonds is 6. The van der Waals surface area contributed by atoms with Gasteiger partial charge in [-0.05, 0) is 67.6 Å². The van der Waals surface area contributed by atoms with Crippen molar-refractivity contribution in [2.75, 3.05) is 10.6 Å². The van der Waals surface area contributed by atoms with Crippen molar-refractivity contribution in [3.8, 4) is 10.6 Å². The maximum Gasteiger partial charge on any atom is 0.248 e. The van der Waals surface area contributed by atoms with Gasteiger partial charge in [-0.3, -0.25) is 9.59 Å². The lowest BCUT2D eigenvalue weighted by Gasteiger charge is -2.15. The van der Waals surface area contributed by atoms with E-state index in [1.807, 2.05) is 42.5 Å². The topological polar surface area (TPSA) is 97.1 Å². The van der Waals surface area contributed by atoms with Crippen molar-refractivity contribution in [2.24, 2.45) is 5.73 Å². The Morgan fingerprint density at radius 2 is 1.60 bits per heavy atom. The SMILES string of the molecule is C[C@@H](Nc1ccc(-c2nc3ccccc3s2)cc1)C(=O)Nc1ccc(C(N)=O)cc1. The second kappa shape index (κ2) is 8.34. The molecule has 1 atom stereocenters. The Morgan fingerprint density at radius 1 is 0.933 bits per heavy atom. The number of thiazole rings is 1. The van der Waals surface area contributed by atoms with Crippen molar-refractivity contribution in [1.82, 2.24) is 4.98 Å². The minimum Gasteiger partial charge on any atom is -0.374 e. The number of amides is 2. The number of benzene rings is 3. The number of anilines is 2. The molecule has 2 amide bonds. The first-order valence-corrected chi connectivity index (χ1v) is 10.2. The van der Waals surface area contributed by atoms with Gasteiger partial charge in [-0.25, -0.2) is 4.98 Å². The number of carbonyl (C=O) groups is 2. The highest BCUT2D eigenvalue weighted by Crippen LogP contribution is 2.30. The number of aromatic nitrogens is 1. The van der Waals surface area contributed by atoms with Gasteiger partial charge in [0.1, 0.15) is 11.0 Å². The van der Waals surface area contributed by atoms with E-state index in [4.69, 9.17) is 5.73 Å². The predicted molar refractivity (Wildman–Crippen MR) is 122 cm³/mol. The van der Waals surface area contributed by atoms with Crippen LogP contribution < -0.4 is 16.4 Å². The molecule has 7 heteroatoms. The summed E-state index contributed by atoms with van der Waals surface area (Å²) in [4.78, 5) is 28.2. The highest BCUT2D eigenvalue weighted by molar-refractivity contribution is 7.21. The molecule has 0 saturated carbocycles. The summed E-state index contributed by atoms with van der Waals surface area (Å²) in [6.45, 7) is 1.79. The highest BCUT2D eigenvalue weighted by atomic mass is 32.1. The molecule has 0 radical (unpaired) electrons. The number of para-hydroxylation sites is 1. The molecule has 1 heterocycles. The van der Waals surface area contributed by atoms with Crippen LogP contribution in [0.4, 0.5) is 11.4 Å². The zero-order valence-electron chi connectivity index (χ0n) is 16.3. The molecule has 150 valence electrons. The summed E-state index contributed by atoms with van der Waals surface area (Å²) in [6, 6.07) is 21.9. The largest absolute Gasteiger partial charge is 0.374 e. The number of fused-ring (bicyclic) bond motifs is 1. The minimum absolute atomic E-state index is 0.183. The van der Waals surface area contributed by atoms with E-state index in [1.54, 1.807) is 42.5 Å². The van der Waals surface area contributed by atoms with Crippen LogP contribution in [0.5, 0.6) is 0 Å². The summed E-state index contributed by atoms with van der Waals surface area (Å²) in [7, 11) is 0. The van der Waals surface area contributed by atoms with E-state index in [-0.39, 0.29) is 5.91 Å². The fourth-order valence-corrected chi connectivity index (χ4v) is 3.96. The molecule has 0 bridgehead atoms. The Bertz CT molecular complexity index is 1170. The lowest BCUT2D eigenvalue weighted by Crippen LogP contribution is -2.31. The zero-order valence-corrected chi connectivity index (χ0v) is 17.1. The smallest absolute Gasteiger partial charge is 0.248 e. The standard InChI is InChI=1S/C23H20N4O2S/c1-14(22(29)26-18-10-6-15(7-11-18)21(24)28)25-17-12-8-16(9-13-17)23-27-19-4-2-3-5-20(19)30-23/h2-14,25H,1H3,(H2,24,28)(H,26,29)/t14-/m1/s1. The molecule has 4 aromatic rings. The van der Waals surface area contributed by atoms with E-state index in [0.29, 0.717) is 11.3 Å². The summed E-state index contributed by atoms with van der Waals surface area (Å²) in [5, 5.41) is 6.98. The van der Waals surface area contributed by atoms with Gasteiger partial charge in [-0.1, -0.05) is 12.1 Å². The van der Waals surface area contributed by atoms with Gasteiger partial charge in [0.15, 0.2) is 0 Å². The van der Waals surface area contributed by atoms with Crippen molar-refractivity contribution in [2.45, 2.75) is 13.0 Å². The van der Waals surface area contributed by atoms with E-state index >= 15 is 0 Å². The third kappa shape index (κ3) is 4.31. The number of hydrogen-bond acceptors (Lipinski definition) is 5. The van der Waals surface area contributed by atoms with Crippen LogP contribution in [0, 0.1) is 0 Å². The first-order valence-electron chi connectivity index (χ1n) is 9.43. The molecule has 0 unspecified atom stereocenters. The van der Waals surface area contributed by atoms with Crippen LogP contribution in [-0.4, -0.2) is 22.8 Å². The summed E-state index contributed by atoms with van der Waals surface area (Å²) >= 11 is 1.65. The summed E-state index contributed by atoms with van der Waals surface area (Å²) in [5.74, 6) is -0.686. The summed E-state index contributed by atoms with van der Waals surface area (Å²) in [5.41, 5.74) is 9.09. The van der Waals surface area contributed by atoms with Crippen molar-refractivity contribution in [3.63, 3.8) is 0 Å². The Labute approximate surface area is 177 Å². The quantitative estimate of drug-likeness (QED) is 0.431. The maximum atomic E-state index is 12.4. The highest BCUT2D eigenvalue weighted by Gasteiger charge is 2.13. The molecule has 0 aliphatic rings.